The minimum atomic E-state index is -3.74. The molecule has 1 atom stereocenters. The number of sulfonamides is 1. The number of rotatable bonds is 12. The smallest absolute Gasteiger partial charge is 0.247 e. The summed E-state index contributed by atoms with van der Waals surface area (Å²) in [4.78, 5) is 29.3. The highest BCUT2D eigenvalue weighted by Crippen LogP contribution is 2.25. The summed E-state index contributed by atoms with van der Waals surface area (Å²) in [6.07, 6.45) is 1.09. The molecule has 0 saturated carbocycles. The molecular weight excluding hydrogens is 522 g/mol. The lowest BCUT2D eigenvalue weighted by atomic mass is 10.0. The molecule has 0 aromatic heterocycles. The van der Waals surface area contributed by atoms with Crippen LogP contribution in [0.15, 0.2) is 121 Å². The maximum absolute atomic E-state index is 14.0. The second-order valence-corrected chi connectivity index (χ2v) is 11.5. The minimum absolute atomic E-state index is 0.0425. The van der Waals surface area contributed by atoms with Crippen LogP contribution in [-0.4, -0.2) is 42.2 Å². The molecule has 0 aliphatic carbocycles. The first-order valence-electron chi connectivity index (χ1n) is 13.0. The highest BCUT2D eigenvalue weighted by atomic mass is 32.2. The molecule has 4 rings (SSSR count). The van der Waals surface area contributed by atoms with Gasteiger partial charge in [-0.05, 0) is 22.3 Å². The van der Waals surface area contributed by atoms with E-state index in [4.69, 9.17) is 0 Å². The summed E-state index contributed by atoms with van der Waals surface area (Å²) in [5.41, 5.74) is 3.14. The summed E-state index contributed by atoms with van der Waals surface area (Å²) in [5.74, 6) is -0.831. The second kappa shape index (κ2) is 13.7. The van der Waals surface area contributed by atoms with E-state index in [-0.39, 0.29) is 19.0 Å². The lowest BCUT2D eigenvalue weighted by Gasteiger charge is -2.33. The van der Waals surface area contributed by atoms with Gasteiger partial charge in [-0.3, -0.25) is 9.59 Å². The zero-order chi connectivity index (χ0) is 28.4. The Morgan fingerprint density at radius 2 is 1.12 bits per heavy atom. The van der Waals surface area contributed by atoms with Crippen LogP contribution in [0.4, 0.5) is 0 Å². The Morgan fingerprint density at radius 1 is 0.675 bits per heavy atom. The maximum Gasteiger partial charge on any atom is 0.247 e. The van der Waals surface area contributed by atoms with Crippen molar-refractivity contribution in [3.8, 4) is 0 Å². The molecule has 0 saturated heterocycles. The largest absolute Gasteiger partial charge is 0.350 e. The van der Waals surface area contributed by atoms with E-state index >= 15 is 0 Å². The van der Waals surface area contributed by atoms with Crippen molar-refractivity contribution in [1.82, 2.24) is 14.5 Å². The van der Waals surface area contributed by atoms with Gasteiger partial charge in [-0.2, -0.15) is 4.31 Å². The Labute approximate surface area is 236 Å². The van der Waals surface area contributed by atoms with E-state index in [9.17, 15) is 18.0 Å². The summed E-state index contributed by atoms with van der Waals surface area (Å²) in [6, 6.07) is 36.1. The van der Waals surface area contributed by atoms with Gasteiger partial charge in [-0.25, -0.2) is 8.42 Å². The van der Waals surface area contributed by atoms with Crippen LogP contribution in [0.1, 0.15) is 28.3 Å². The molecule has 7 nitrogen and oxygen atoms in total. The molecule has 0 heterocycles. The zero-order valence-electron chi connectivity index (χ0n) is 22.4. The van der Waals surface area contributed by atoms with Crippen molar-refractivity contribution in [1.29, 1.82) is 0 Å². The number of amides is 2. The molecule has 0 radical (unpaired) electrons. The van der Waals surface area contributed by atoms with Crippen molar-refractivity contribution >= 4 is 21.8 Å². The zero-order valence-corrected chi connectivity index (χ0v) is 23.2. The van der Waals surface area contributed by atoms with E-state index in [1.807, 2.05) is 109 Å². The molecule has 4 aromatic carbocycles. The molecule has 0 aliphatic heterocycles. The number of carbonyl (C=O) groups excluding carboxylic acids is 2. The number of benzene rings is 4. The average Bonchev–Trinajstić information content (AvgIpc) is 2.97. The maximum atomic E-state index is 14.0. The van der Waals surface area contributed by atoms with Crippen LogP contribution >= 0.6 is 0 Å². The predicted molar refractivity (Wildman–Crippen MR) is 156 cm³/mol. The summed E-state index contributed by atoms with van der Waals surface area (Å²) < 4.78 is 26.7. The van der Waals surface area contributed by atoms with Crippen molar-refractivity contribution < 1.29 is 18.0 Å². The number of carbonyl (C=O) groups is 2. The van der Waals surface area contributed by atoms with Gasteiger partial charge >= 0.3 is 0 Å². The number of nitrogens with zero attached hydrogens (tertiary/aromatic N) is 2. The Balaban J connectivity index is 1.68. The third kappa shape index (κ3) is 8.11. The third-order valence-electron chi connectivity index (χ3n) is 6.48. The monoisotopic (exact) mass is 555 g/mol. The summed E-state index contributed by atoms with van der Waals surface area (Å²) in [6.45, 7) is 0.0530. The van der Waals surface area contributed by atoms with Gasteiger partial charge in [0.2, 0.25) is 21.8 Å². The highest BCUT2D eigenvalue weighted by Gasteiger charge is 2.33. The molecule has 206 valence electrons. The molecule has 0 fully saturated rings. The van der Waals surface area contributed by atoms with Gasteiger partial charge in [0, 0.05) is 19.6 Å². The first-order valence-corrected chi connectivity index (χ1v) is 14.8. The number of hydrogen-bond acceptors (Lipinski definition) is 4. The Morgan fingerprint density at radius 3 is 1.62 bits per heavy atom. The first-order chi connectivity index (χ1) is 19.3. The SMILES string of the molecule is CS(=O)(=O)N(CC(=O)N(Cc1ccccc1)[C@@H](C(=O)NCc1ccccc1)c1ccccc1)Cc1ccccc1. The molecule has 0 aliphatic rings. The quantitative estimate of drug-likeness (QED) is 0.278. The lowest BCUT2D eigenvalue weighted by molar-refractivity contribution is -0.141. The molecule has 0 bridgehead atoms. The molecular formula is C32H33N3O4S. The van der Waals surface area contributed by atoms with Crippen LogP contribution in [0.2, 0.25) is 0 Å². The van der Waals surface area contributed by atoms with Gasteiger partial charge in [0.25, 0.3) is 0 Å². The van der Waals surface area contributed by atoms with Crippen molar-refractivity contribution in [2.45, 2.75) is 25.7 Å². The van der Waals surface area contributed by atoms with Crippen LogP contribution in [0.5, 0.6) is 0 Å². The van der Waals surface area contributed by atoms with Gasteiger partial charge in [0.05, 0.1) is 12.8 Å². The van der Waals surface area contributed by atoms with Crippen LogP contribution in [-0.2, 0) is 39.2 Å². The Hall–Kier alpha value is -4.27. The first kappa shape index (κ1) is 28.7. The van der Waals surface area contributed by atoms with Crippen LogP contribution in [0.25, 0.3) is 0 Å². The molecule has 4 aromatic rings. The van der Waals surface area contributed by atoms with Crippen LogP contribution in [0, 0.1) is 0 Å². The number of nitrogens with one attached hydrogen (secondary N) is 1. The Kier molecular flexibility index (Phi) is 9.83. The summed E-state index contributed by atoms with van der Waals surface area (Å²) in [7, 11) is -3.74. The van der Waals surface area contributed by atoms with Crippen LogP contribution < -0.4 is 5.32 Å². The van der Waals surface area contributed by atoms with Crippen molar-refractivity contribution in [3.05, 3.63) is 144 Å². The fourth-order valence-corrected chi connectivity index (χ4v) is 5.14. The molecule has 0 unspecified atom stereocenters. The third-order valence-corrected chi connectivity index (χ3v) is 7.68. The molecule has 1 N–H and O–H groups in total. The van der Waals surface area contributed by atoms with Gasteiger partial charge in [-0.1, -0.05) is 121 Å². The predicted octanol–water partition coefficient (Wildman–Crippen LogP) is 4.53. The molecule has 2 amide bonds. The Bertz CT molecular complexity index is 1480. The van der Waals surface area contributed by atoms with Gasteiger partial charge in [-0.15, -0.1) is 0 Å². The fourth-order valence-electron chi connectivity index (χ4n) is 4.41. The van der Waals surface area contributed by atoms with E-state index in [2.05, 4.69) is 5.32 Å². The topological polar surface area (TPSA) is 86.8 Å². The van der Waals surface area contributed by atoms with E-state index in [1.165, 1.54) is 4.90 Å². The number of hydrogen-bond donors (Lipinski definition) is 1. The second-order valence-electron chi connectivity index (χ2n) is 9.54. The minimum Gasteiger partial charge on any atom is -0.350 e. The summed E-state index contributed by atoms with van der Waals surface area (Å²) in [5, 5.41) is 2.98. The molecule has 0 spiro atoms. The van der Waals surface area contributed by atoms with E-state index < -0.39 is 28.5 Å². The average molecular weight is 556 g/mol. The normalized spacial score (nSPS) is 12.1. The van der Waals surface area contributed by atoms with Crippen LogP contribution in [0.3, 0.4) is 0 Å². The molecule has 40 heavy (non-hydrogen) atoms. The van der Waals surface area contributed by atoms with Crippen molar-refractivity contribution in [2.75, 3.05) is 12.8 Å². The van der Waals surface area contributed by atoms with Crippen molar-refractivity contribution in [3.63, 3.8) is 0 Å². The lowest BCUT2D eigenvalue weighted by Crippen LogP contribution is -2.47. The standard InChI is InChI=1S/C32H33N3O4S/c1-40(38,39)34(23-27-16-8-3-9-17-27)25-30(36)35(24-28-18-10-4-11-19-28)31(29-20-12-5-13-21-29)32(37)33-22-26-14-6-2-7-15-26/h2-21,31H,22-25H2,1H3,(H,33,37)/t31-/m1/s1. The van der Waals surface area contributed by atoms with E-state index in [0.29, 0.717) is 12.1 Å². The van der Waals surface area contributed by atoms with Crippen molar-refractivity contribution in [2.24, 2.45) is 0 Å². The van der Waals surface area contributed by atoms with Gasteiger partial charge in [0.15, 0.2) is 0 Å². The fraction of sp³-hybridized carbons (Fsp3) is 0.188. The molecule has 8 heteroatoms. The van der Waals surface area contributed by atoms with Gasteiger partial charge in [0.1, 0.15) is 6.04 Å². The van der Waals surface area contributed by atoms with E-state index in [0.717, 1.165) is 27.3 Å². The van der Waals surface area contributed by atoms with Gasteiger partial charge < -0.3 is 10.2 Å². The summed E-state index contributed by atoms with van der Waals surface area (Å²) >= 11 is 0. The highest BCUT2D eigenvalue weighted by molar-refractivity contribution is 7.88. The van der Waals surface area contributed by atoms with E-state index in [1.54, 1.807) is 12.1 Å².